The molecule has 2 rings (SSSR count). The molecule has 0 amide bonds. The highest BCUT2D eigenvalue weighted by atomic mass is 15.2. The van der Waals surface area contributed by atoms with E-state index >= 15 is 0 Å². The molecule has 0 saturated heterocycles. The van der Waals surface area contributed by atoms with Gasteiger partial charge in [-0.25, -0.2) is 0 Å². The van der Waals surface area contributed by atoms with Gasteiger partial charge in [-0.3, -0.25) is 11.3 Å². The van der Waals surface area contributed by atoms with Crippen molar-refractivity contribution in [3.05, 3.63) is 34.9 Å². The summed E-state index contributed by atoms with van der Waals surface area (Å²) in [5, 5.41) is 0. The first-order valence-corrected chi connectivity index (χ1v) is 8.18. The van der Waals surface area contributed by atoms with Crippen LogP contribution in [0.25, 0.3) is 0 Å². The van der Waals surface area contributed by atoms with E-state index in [4.69, 9.17) is 5.84 Å². The molecule has 3 unspecified atom stereocenters. The minimum Gasteiger partial charge on any atom is -0.271 e. The summed E-state index contributed by atoms with van der Waals surface area (Å²) in [5.41, 5.74) is 7.29. The van der Waals surface area contributed by atoms with Crippen LogP contribution in [0.1, 0.15) is 55.7 Å². The van der Waals surface area contributed by atoms with Gasteiger partial charge in [-0.05, 0) is 55.2 Å². The Balaban J connectivity index is 2.09. The number of nitrogens with one attached hydrogen (secondary N) is 1. The van der Waals surface area contributed by atoms with Gasteiger partial charge in [0.05, 0.1) is 0 Å². The molecule has 0 radical (unpaired) electrons. The first-order chi connectivity index (χ1) is 9.65. The van der Waals surface area contributed by atoms with E-state index in [0.717, 1.165) is 18.3 Å². The summed E-state index contributed by atoms with van der Waals surface area (Å²) in [6.07, 6.45) is 7.82. The lowest BCUT2D eigenvalue weighted by Gasteiger charge is -2.36. The van der Waals surface area contributed by atoms with Crippen molar-refractivity contribution in [2.45, 2.75) is 65.3 Å². The van der Waals surface area contributed by atoms with Gasteiger partial charge in [0.1, 0.15) is 0 Å². The molecule has 3 atom stereocenters. The molecule has 20 heavy (non-hydrogen) atoms. The van der Waals surface area contributed by atoms with E-state index in [1.807, 2.05) is 0 Å². The van der Waals surface area contributed by atoms with Crippen LogP contribution in [0.4, 0.5) is 0 Å². The summed E-state index contributed by atoms with van der Waals surface area (Å²) < 4.78 is 0. The largest absolute Gasteiger partial charge is 0.271 e. The lowest BCUT2D eigenvalue weighted by molar-refractivity contribution is 0.174. The second kappa shape index (κ2) is 7.24. The van der Waals surface area contributed by atoms with Gasteiger partial charge in [0.25, 0.3) is 0 Å². The molecule has 1 aromatic rings. The van der Waals surface area contributed by atoms with Crippen LogP contribution in [0.3, 0.4) is 0 Å². The third-order valence-electron chi connectivity index (χ3n) is 5.25. The molecule has 2 nitrogen and oxygen atoms in total. The lowest BCUT2D eigenvalue weighted by atomic mass is 9.73. The van der Waals surface area contributed by atoms with Crippen LogP contribution in [0, 0.1) is 25.7 Å². The van der Waals surface area contributed by atoms with E-state index in [0.29, 0.717) is 6.04 Å². The fraction of sp³-hybridized carbons (Fsp3) is 0.667. The quantitative estimate of drug-likeness (QED) is 0.631. The second-order valence-corrected chi connectivity index (χ2v) is 6.51. The molecule has 1 aliphatic carbocycles. The Kier molecular flexibility index (Phi) is 5.62. The Morgan fingerprint density at radius 2 is 1.95 bits per heavy atom. The summed E-state index contributed by atoms with van der Waals surface area (Å²) in [5.74, 6) is 7.47. The Labute approximate surface area is 124 Å². The van der Waals surface area contributed by atoms with Crippen molar-refractivity contribution in [3.8, 4) is 0 Å². The summed E-state index contributed by atoms with van der Waals surface area (Å²) in [4.78, 5) is 0. The van der Waals surface area contributed by atoms with E-state index in [1.54, 1.807) is 0 Å². The first-order valence-electron chi connectivity index (χ1n) is 8.18. The van der Waals surface area contributed by atoms with E-state index in [9.17, 15) is 0 Å². The molecule has 112 valence electrons. The van der Waals surface area contributed by atoms with Crippen molar-refractivity contribution >= 4 is 0 Å². The molecule has 3 N–H and O–H groups in total. The van der Waals surface area contributed by atoms with Crippen LogP contribution in [0.5, 0.6) is 0 Å². The lowest BCUT2D eigenvalue weighted by Crippen LogP contribution is -2.46. The van der Waals surface area contributed by atoms with Crippen LogP contribution in [-0.4, -0.2) is 6.04 Å². The van der Waals surface area contributed by atoms with Crippen LogP contribution in [0.2, 0.25) is 0 Å². The van der Waals surface area contributed by atoms with Gasteiger partial charge in [0.15, 0.2) is 0 Å². The average molecular weight is 274 g/mol. The standard InChI is InChI=1S/C18H30N2/c1-4-16-7-5-6-8-17(16)18(20-19)12-15-10-9-13(2)14(3)11-15/h9-11,16-18,20H,4-8,12,19H2,1-3H3. The Bertz CT molecular complexity index is 427. The molecule has 1 fully saturated rings. The highest BCUT2D eigenvalue weighted by Gasteiger charge is 2.30. The van der Waals surface area contributed by atoms with E-state index in [-0.39, 0.29) is 0 Å². The van der Waals surface area contributed by atoms with Crippen LogP contribution < -0.4 is 11.3 Å². The monoisotopic (exact) mass is 274 g/mol. The zero-order valence-electron chi connectivity index (χ0n) is 13.3. The fourth-order valence-corrected chi connectivity index (χ4v) is 3.79. The first kappa shape index (κ1) is 15.5. The number of rotatable bonds is 5. The Morgan fingerprint density at radius 1 is 1.20 bits per heavy atom. The second-order valence-electron chi connectivity index (χ2n) is 6.51. The average Bonchev–Trinajstić information content (AvgIpc) is 2.48. The maximum Gasteiger partial charge on any atom is 0.0281 e. The molecular formula is C18H30N2. The normalized spacial score (nSPS) is 24.6. The molecule has 0 aromatic heterocycles. The minimum absolute atomic E-state index is 0.419. The van der Waals surface area contributed by atoms with Crippen molar-refractivity contribution in [1.82, 2.24) is 5.43 Å². The maximum atomic E-state index is 5.89. The van der Waals surface area contributed by atoms with Gasteiger partial charge < -0.3 is 0 Å². The van der Waals surface area contributed by atoms with Crippen LogP contribution >= 0.6 is 0 Å². The molecule has 2 heteroatoms. The SMILES string of the molecule is CCC1CCCCC1C(Cc1ccc(C)c(C)c1)NN. The molecule has 1 aliphatic rings. The Morgan fingerprint density at radius 3 is 2.60 bits per heavy atom. The fourth-order valence-electron chi connectivity index (χ4n) is 3.79. The van der Waals surface area contributed by atoms with Gasteiger partial charge in [0.2, 0.25) is 0 Å². The van der Waals surface area contributed by atoms with Crippen molar-refractivity contribution in [1.29, 1.82) is 0 Å². The summed E-state index contributed by atoms with van der Waals surface area (Å²) >= 11 is 0. The molecular weight excluding hydrogens is 244 g/mol. The van der Waals surface area contributed by atoms with Gasteiger partial charge in [-0.2, -0.15) is 0 Å². The molecule has 1 saturated carbocycles. The molecule has 0 heterocycles. The van der Waals surface area contributed by atoms with Gasteiger partial charge >= 0.3 is 0 Å². The number of hydrazine groups is 1. The molecule has 0 bridgehead atoms. The zero-order valence-corrected chi connectivity index (χ0v) is 13.3. The summed E-state index contributed by atoms with van der Waals surface area (Å²) in [7, 11) is 0. The van der Waals surface area contributed by atoms with E-state index < -0.39 is 0 Å². The predicted octanol–water partition coefficient (Wildman–Crippen LogP) is 3.89. The third-order valence-corrected chi connectivity index (χ3v) is 5.25. The highest BCUT2D eigenvalue weighted by Crippen LogP contribution is 2.35. The van der Waals surface area contributed by atoms with E-state index in [2.05, 4.69) is 44.4 Å². The third kappa shape index (κ3) is 3.62. The van der Waals surface area contributed by atoms with E-state index in [1.165, 1.54) is 48.8 Å². The van der Waals surface area contributed by atoms with Gasteiger partial charge in [-0.15, -0.1) is 0 Å². The smallest absolute Gasteiger partial charge is 0.0281 e. The topological polar surface area (TPSA) is 38.0 Å². The van der Waals surface area contributed by atoms with Crippen molar-refractivity contribution < 1.29 is 0 Å². The van der Waals surface area contributed by atoms with Crippen molar-refractivity contribution in [2.24, 2.45) is 17.7 Å². The van der Waals surface area contributed by atoms with Gasteiger partial charge in [-0.1, -0.05) is 50.8 Å². The summed E-state index contributed by atoms with van der Waals surface area (Å²) in [6.45, 7) is 6.69. The number of aryl methyl sites for hydroxylation is 2. The van der Waals surface area contributed by atoms with Crippen LogP contribution in [0.15, 0.2) is 18.2 Å². The number of hydrogen-bond donors (Lipinski definition) is 2. The van der Waals surface area contributed by atoms with Crippen molar-refractivity contribution in [2.75, 3.05) is 0 Å². The minimum atomic E-state index is 0.419. The molecule has 1 aromatic carbocycles. The Hall–Kier alpha value is -0.860. The van der Waals surface area contributed by atoms with Crippen LogP contribution in [-0.2, 0) is 6.42 Å². The highest BCUT2D eigenvalue weighted by molar-refractivity contribution is 5.30. The van der Waals surface area contributed by atoms with Crippen molar-refractivity contribution in [3.63, 3.8) is 0 Å². The van der Waals surface area contributed by atoms with Gasteiger partial charge in [0, 0.05) is 6.04 Å². The number of nitrogens with two attached hydrogens (primary N) is 1. The summed E-state index contributed by atoms with van der Waals surface area (Å²) in [6, 6.07) is 7.23. The number of benzene rings is 1. The molecule has 0 aliphatic heterocycles. The maximum absolute atomic E-state index is 5.89. The molecule has 0 spiro atoms. The predicted molar refractivity (Wildman–Crippen MR) is 86.5 cm³/mol. The zero-order chi connectivity index (χ0) is 14.5. The number of hydrogen-bond acceptors (Lipinski definition) is 2.